The van der Waals surface area contributed by atoms with E-state index in [0.29, 0.717) is 10.2 Å². The van der Waals surface area contributed by atoms with Crippen LogP contribution in [0.25, 0.3) is 5.69 Å². The van der Waals surface area contributed by atoms with Crippen molar-refractivity contribution in [1.82, 2.24) is 20.2 Å². The molecule has 2 aromatic carbocycles. The molecule has 0 saturated carbocycles. The summed E-state index contributed by atoms with van der Waals surface area (Å²) < 4.78 is 1.59. The molecular weight excluding hydrogens is 370 g/mol. The van der Waals surface area contributed by atoms with Crippen LogP contribution in [0.2, 0.25) is 5.02 Å². The van der Waals surface area contributed by atoms with Crippen molar-refractivity contribution in [1.29, 1.82) is 0 Å². The molecule has 1 aliphatic heterocycles. The van der Waals surface area contributed by atoms with Gasteiger partial charge >= 0.3 is 0 Å². The zero-order chi connectivity index (χ0) is 18.1. The van der Waals surface area contributed by atoms with Gasteiger partial charge in [0.05, 0.1) is 11.4 Å². The van der Waals surface area contributed by atoms with Crippen LogP contribution in [0.4, 0.5) is 5.69 Å². The predicted octanol–water partition coefficient (Wildman–Crippen LogP) is 3.39. The lowest BCUT2D eigenvalue weighted by Gasteiger charge is -2.22. The number of tetrazole rings is 1. The van der Waals surface area contributed by atoms with Gasteiger partial charge in [-0.15, -0.1) is 5.10 Å². The molecule has 0 unspecified atom stereocenters. The lowest BCUT2D eigenvalue weighted by atomic mass is 10.1. The van der Waals surface area contributed by atoms with Crippen molar-refractivity contribution < 1.29 is 4.79 Å². The number of aromatic nitrogens is 4. The van der Waals surface area contributed by atoms with Gasteiger partial charge in [-0.25, -0.2) is 0 Å². The first-order valence-corrected chi connectivity index (χ1v) is 9.57. The van der Waals surface area contributed by atoms with Gasteiger partial charge < -0.3 is 4.90 Å². The fraction of sp³-hybridized carbons (Fsp3) is 0.222. The zero-order valence-corrected chi connectivity index (χ0v) is 15.6. The number of carbonyl (C=O) groups excluding carboxylic acids is 1. The Kier molecular flexibility index (Phi) is 4.65. The Hall–Kier alpha value is -2.38. The maximum absolute atomic E-state index is 12.8. The van der Waals surface area contributed by atoms with Crippen molar-refractivity contribution >= 4 is 35.0 Å². The van der Waals surface area contributed by atoms with Crippen molar-refractivity contribution in [2.45, 2.75) is 24.5 Å². The minimum Gasteiger partial charge on any atom is -0.308 e. The summed E-state index contributed by atoms with van der Waals surface area (Å²) in [5.41, 5.74) is 2.97. The first-order chi connectivity index (χ1) is 12.6. The maximum atomic E-state index is 12.8. The van der Waals surface area contributed by atoms with Crippen molar-refractivity contribution in [2.75, 3.05) is 10.7 Å². The number of benzene rings is 2. The number of hydrogen-bond acceptors (Lipinski definition) is 5. The number of thioether (sulfide) groups is 1. The molecule has 26 heavy (non-hydrogen) atoms. The first kappa shape index (κ1) is 17.1. The molecule has 0 saturated heterocycles. The number of carbonyl (C=O) groups is 1. The van der Waals surface area contributed by atoms with Crippen molar-refractivity contribution in [3.05, 3.63) is 59.1 Å². The Bertz CT molecular complexity index is 960. The highest BCUT2D eigenvalue weighted by atomic mass is 35.5. The molecule has 1 aliphatic rings. The van der Waals surface area contributed by atoms with Gasteiger partial charge in [-0.2, -0.15) is 4.68 Å². The highest BCUT2D eigenvalue weighted by Crippen LogP contribution is 2.32. The van der Waals surface area contributed by atoms with E-state index in [0.717, 1.165) is 17.8 Å². The average molecular weight is 386 g/mol. The summed E-state index contributed by atoms with van der Waals surface area (Å²) >= 11 is 7.36. The normalized spacial score (nSPS) is 15.9. The van der Waals surface area contributed by atoms with Gasteiger partial charge in [0.15, 0.2) is 0 Å². The second-order valence-corrected chi connectivity index (χ2v) is 7.47. The molecule has 8 heteroatoms. The summed E-state index contributed by atoms with van der Waals surface area (Å²) in [7, 11) is 0. The Morgan fingerprint density at radius 3 is 2.96 bits per heavy atom. The smallest absolute Gasteiger partial charge is 0.237 e. The Balaban J connectivity index is 1.51. The molecular formula is C18H16ClN5OS. The molecule has 1 atom stereocenters. The Morgan fingerprint density at radius 1 is 1.27 bits per heavy atom. The molecule has 6 nitrogen and oxygen atoms in total. The third kappa shape index (κ3) is 3.20. The van der Waals surface area contributed by atoms with E-state index < -0.39 is 0 Å². The third-order valence-electron chi connectivity index (χ3n) is 4.29. The minimum atomic E-state index is 0.0492. The molecule has 0 spiro atoms. The van der Waals surface area contributed by atoms with E-state index in [1.54, 1.807) is 16.8 Å². The molecule has 1 amide bonds. The Labute approximate surface area is 160 Å². The van der Waals surface area contributed by atoms with E-state index in [2.05, 4.69) is 28.5 Å². The number of nitrogens with zero attached hydrogens (tertiary/aromatic N) is 5. The van der Waals surface area contributed by atoms with Crippen molar-refractivity contribution in [3.63, 3.8) is 0 Å². The standard InChI is InChI=1S/C18H16ClN5OS/c1-12-9-13-5-2-3-8-16(13)23(12)17(25)11-26-18-20-21-22-24(18)15-7-4-6-14(19)10-15/h2-8,10,12H,9,11H2,1H3/t12-/m1/s1. The molecule has 3 aromatic rings. The van der Waals surface area contributed by atoms with E-state index in [4.69, 9.17) is 11.6 Å². The molecule has 0 radical (unpaired) electrons. The van der Waals surface area contributed by atoms with Crippen LogP contribution in [0.1, 0.15) is 12.5 Å². The molecule has 1 aromatic heterocycles. The number of rotatable bonds is 4. The van der Waals surface area contributed by atoms with Crippen LogP contribution in [0.3, 0.4) is 0 Å². The summed E-state index contributed by atoms with van der Waals surface area (Å²) in [5.74, 6) is 0.313. The second kappa shape index (κ2) is 7.09. The van der Waals surface area contributed by atoms with Crippen LogP contribution in [0.15, 0.2) is 53.7 Å². The largest absolute Gasteiger partial charge is 0.308 e. The maximum Gasteiger partial charge on any atom is 0.237 e. The number of amides is 1. The van der Waals surface area contributed by atoms with E-state index in [1.165, 1.54) is 17.3 Å². The van der Waals surface area contributed by atoms with Crippen molar-refractivity contribution in [3.8, 4) is 5.69 Å². The number of anilines is 1. The lowest BCUT2D eigenvalue weighted by molar-refractivity contribution is -0.116. The van der Waals surface area contributed by atoms with Gasteiger partial charge in [0.25, 0.3) is 0 Å². The third-order valence-corrected chi connectivity index (χ3v) is 5.43. The van der Waals surface area contributed by atoms with Gasteiger partial charge in [0, 0.05) is 16.8 Å². The quantitative estimate of drug-likeness (QED) is 0.644. The number of hydrogen-bond donors (Lipinski definition) is 0. The summed E-state index contributed by atoms with van der Waals surface area (Å²) in [6.45, 7) is 2.07. The highest BCUT2D eigenvalue weighted by Gasteiger charge is 2.30. The fourth-order valence-corrected chi connectivity index (χ4v) is 4.11. The molecule has 2 heterocycles. The second-order valence-electron chi connectivity index (χ2n) is 6.09. The summed E-state index contributed by atoms with van der Waals surface area (Å²) in [5, 5.41) is 12.9. The summed E-state index contributed by atoms with van der Waals surface area (Å²) in [6, 6.07) is 15.5. The van der Waals surface area contributed by atoms with E-state index in [9.17, 15) is 4.79 Å². The van der Waals surface area contributed by atoms with Gasteiger partial charge in [-0.05, 0) is 53.6 Å². The topological polar surface area (TPSA) is 63.9 Å². The van der Waals surface area contributed by atoms with Gasteiger partial charge in [0.1, 0.15) is 0 Å². The SMILES string of the molecule is C[C@@H]1Cc2ccccc2N1C(=O)CSc1nnnn1-c1cccc(Cl)c1. The molecule has 0 N–H and O–H groups in total. The minimum absolute atomic E-state index is 0.0492. The zero-order valence-electron chi connectivity index (χ0n) is 14.0. The monoisotopic (exact) mass is 385 g/mol. The van der Waals surface area contributed by atoms with Gasteiger partial charge in [0.2, 0.25) is 11.1 Å². The number of halogens is 1. The molecule has 4 rings (SSSR count). The molecule has 132 valence electrons. The van der Waals surface area contributed by atoms with Crippen molar-refractivity contribution in [2.24, 2.45) is 0 Å². The van der Waals surface area contributed by atoms with Crippen LogP contribution >= 0.6 is 23.4 Å². The summed E-state index contributed by atoms with van der Waals surface area (Å²) in [4.78, 5) is 14.7. The number of fused-ring (bicyclic) bond motifs is 1. The van der Waals surface area contributed by atoms with Crippen LogP contribution in [-0.4, -0.2) is 37.9 Å². The van der Waals surface area contributed by atoms with Crippen LogP contribution in [0, 0.1) is 0 Å². The highest BCUT2D eigenvalue weighted by molar-refractivity contribution is 7.99. The fourth-order valence-electron chi connectivity index (χ4n) is 3.18. The van der Waals surface area contributed by atoms with E-state index >= 15 is 0 Å². The van der Waals surface area contributed by atoms with E-state index in [-0.39, 0.29) is 17.7 Å². The summed E-state index contributed by atoms with van der Waals surface area (Å²) in [6.07, 6.45) is 0.882. The molecule has 0 bridgehead atoms. The van der Waals surface area contributed by atoms with Gasteiger partial charge in [-0.3, -0.25) is 4.79 Å². The van der Waals surface area contributed by atoms with Crippen LogP contribution in [0.5, 0.6) is 0 Å². The van der Waals surface area contributed by atoms with Crippen LogP contribution in [-0.2, 0) is 11.2 Å². The molecule has 0 fully saturated rings. The predicted molar refractivity (Wildman–Crippen MR) is 102 cm³/mol. The average Bonchev–Trinajstić information content (AvgIpc) is 3.23. The lowest BCUT2D eigenvalue weighted by Crippen LogP contribution is -2.37. The van der Waals surface area contributed by atoms with Gasteiger partial charge in [-0.1, -0.05) is 47.6 Å². The van der Waals surface area contributed by atoms with E-state index in [1.807, 2.05) is 35.2 Å². The van der Waals surface area contributed by atoms with Crippen LogP contribution < -0.4 is 4.90 Å². The first-order valence-electron chi connectivity index (χ1n) is 8.20. The number of para-hydroxylation sites is 1. The Morgan fingerprint density at radius 2 is 2.12 bits per heavy atom. The molecule has 0 aliphatic carbocycles.